The molecular weight excluding hydrogens is 172 g/mol. The van der Waals surface area contributed by atoms with Crippen LogP contribution < -0.4 is 0 Å². The summed E-state index contributed by atoms with van der Waals surface area (Å²) in [6, 6.07) is 0. The summed E-state index contributed by atoms with van der Waals surface area (Å²) in [5, 5.41) is 15.8. The van der Waals surface area contributed by atoms with E-state index in [0.29, 0.717) is 6.29 Å². The molecule has 2 unspecified atom stereocenters. The number of aliphatic hydroxyl groups is 1. The summed E-state index contributed by atoms with van der Waals surface area (Å²) in [5.74, 6) is -1.42. The zero-order valence-corrected chi connectivity index (χ0v) is 6.23. The van der Waals surface area contributed by atoms with Gasteiger partial charge in [-0.05, 0) is 6.08 Å². The average Bonchev–Trinajstić information content (AvgIpc) is 1.98. The average molecular weight is 179 g/mol. The molecule has 0 heterocycles. The summed E-state index contributed by atoms with van der Waals surface area (Å²) < 4.78 is 0. The van der Waals surface area contributed by atoms with E-state index in [4.69, 9.17) is 21.8 Å². The lowest BCUT2D eigenvalue weighted by Crippen LogP contribution is -2.28. The zero-order chi connectivity index (χ0) is 8.85. The molecule has 0 aromatic carbocycles. The van der Waals surface area contributed by atoms with E-state index >= 15 is 0 Å². The number of aliphatic hydroxyl groups excluding tert-OH is 1. The molecule has 2 atom stereocenters. The molecular formula is C6H7ClO4. The van der Waals surface area contributed by atoms with Crippen molar-refractivity contribution in [3.05, 3.63) is 12.2 Å². The number of hydrogen-bond acceptors (Lipinski definition) is 3. The number of carboxylic acids is 1. The monoisotopic (exact) mass is 178 g/mol. The lowest BCUT2D eigenvalue weighted by Gasteiger charge is -2.06. The van der Waals surface area contributed by atoms with Crippen LogP contribution in [0.1, 0.15) is 0 Å². The van der Waals surface area contributed by atoms with Crippen LogP contribution in [0.15, 0.2) is 12.2 Å². The number of aliphatic carboxylic acids is 1. The molecule has 0 aliphatic rings. The molecule has 4 nitrogen and oxygen atoms in total. The minimum absolute atomic E-state index is 0.448. The van der Waals surface area contributed by atoms with Crippen molar-refractivity contribution in [3.8, 4) is 0 Å². The molecule has 0 spiro atoms. The topological polar surface area (TPSA) is 74.6 Å². The molecule has 0 aromatic rings. The highest BCUT2D eigenvalue weighted by Gasteiger charge is 2.20. The fourth-order valence-electron chi connectivity index (χ4n) is 0.393. The van der Waals surface area contributed by atoms with E-state index in [1.54, 1.807) is 0 Å². The van der Waals surface area contributed by atoms with Gasteiger partial charge in [0.15, 0.2) is 6.10 Å². The van der Waals surface area contributed by atoms with Crippen molar-refractivity contribution < 1.29 is 19.8 Å². The van der Waals surface area contributed by atoms with Crippen molar-refractivity contribution in [1.82, 2.24) is 0 Å². The molecule has 11 heavy (non-hydrogen) atoms. The molecule has 0 saturated heterocycles. The van der Waals surface area contributed by atoms with Crippen molar-refractivity contribution in [2.75, 3.05) is 0 Å². The Morgan fingerprint density at radius 2 is 2.09 bits per heavy atom. The van der Waals surface area contributed by atoms with Crippen LogP contribution >= 0.6 is 11.6 Å². The molecule has 0 rings (SSSR count). The third kappa shape index (κ3) is 3.75. The molecule has 0 radical (unpaired) electrons. The number of carbonyl (C=O) groups is 2. The van der Waals surface area contributed by atoms with Crippen LogP contribution in [0, 0.1) is 0 Å². The highest BCUT2D eigenvalue weighted by atomic mass is 35.5. The Kier molecular flexibility index (Phi) is 4.49. The van der Waals surface area contributed by atoms with Crippen LogP contribution in [0.5, 0.6) is 0 Å². The lowest BCUT2D eigenvalue weighted by atomic mass is 10.2. The summed E-state index contributed by atoms with van der Waals surface area (Å²) in [6.45, 7) is 0. The second-order valence-electron chi connectivity index (χ2n) is 1.75. The number of alkyl halides is 1. The number of aldehydes is 1. The third-order valence-corrected chi connectivity index (χ3v) is 1.31. The highest BCUT2D eigenvalue weighted by molar-refractivity contribution is 6.23. The van der Waals surface area contributed by atoms with E-state index in [1.807, 2.05) is 0 Å². The first-order valence-corrected chi connectivity index (χ1v) is 3.20. The predicted octanol–water partition coefficient (Wildman–Crippen LogP) is -0.206. The highest BCUT2D eigenvalue weighted by Crippen LogP contribution is 2.04. The van der Waals surface area contributed by atoms with Gasteiger partial charge in [-0.3, -0.25) is 4.79 Å². The Labute approximate surface area is 68.1 Å². The fourth-order valence-corrected chi connectivity index (χ4v) is 0.585. The molecule has 0 aromatic heterocycles. The third-order valence-electron chi connectivity index (χ3n) is 0.928. The smallest absolute Gasteiger partial charge is 0.334 e. The molecule has 2 N–H and O–H groups in total. The summed E-state index contributed by atoms with van der Waals surface area (Å²) >= 11 is 5.33. The maximum atomic E-state index is 10.0. The number of carbonyl (C=O) groups excluding carboxylic acids is 1. The van der Waals surface area contributed by atoms with Crippen LogP contribution in [0.3, 0.4) is 0 Å². The van der Waals surface area contributed by atoms with Crippen molar-refractivity contribution >= 4 is 23.9 Å². The Hall–Kier alpha value is -0.870. The van der Waals surface area contributed by atoms with Gasteiger partial charge in [-0.1, -0.05) is 6.08 Å². The summed E-state index contributed by atoms with van der Waals surface area (Å²) in [7, 11) is 0. The van der Waals surface area contributed by atoms with Crippen molar-refractivity contribution in [2.45, 2.75) is 11.5 Å². The maximum Gasteiger partial charge on any atom is 0.334 e. The van der Waals surface area contributed by atoms with Crippen LogP contribution in [-0.4, -0.2) is 33.9 Å². The minimum Gasteiger partial charge on any atom is -0.479 e. The summed E-state index contributed by atoms with van der Waals surface area (Å²) in [6.07, 6.45) is 0.911. The van der Waals surface area contributed by atoms with Crippen LogP contribution in [0.25, 0.3) is 0 Å². The van der Waals surface area contributed by atoms with Gasteiger partial charge in [-0.15, -0.1) is 11.6 Å². The Morgan fingerprint density at radius 3 is 2.45 bits per heavy atom. The van der Waals surface area contributed by atoms with Crippen LogP contribution in [-0.2, 0) is 9.59 Å². The second-order valence-corrected chi connectivity index (χ2v) is 2.25. The van der Waals surface area contributed by atoms with Gasteiger partial charge in [0.05, 0.1) is 5.38 Å². The first-order valence-electron chi connectivity index (χ1n) is 2.76. The van der Waals surface area contributed by atoms with E-state index in [0.717, 1.165) is 12.2 Å². The number of carboxylic acid groups (broad SMARTS) is 1. The predicted molar refractivity (Wildman–Crippen MR) is 38.5 cm³/mol. The number of allylic oxidation sites excluding steroid dienone is 1. The van der Waals surface area contributed by atoms with Gasteiger partial charge in [-0.2, -0.15) is 0 Å². The van der Waals surface area contributed by atoms with Crippen LogP contribution in [0.4, 0.5) is 0 Å². The molecule has 0 aliphatic heterocycles. The summed E-state index contributed by atoms with van der Waals surface area (Å²) in [4.78, 5) is 19.8. The van der Waals surface area contributed by atoms with Crippen LogP contribution in [0.2, 0.25) is 0 Å². The van der Waals surface area contributed by atoms with Crippen molar-refractivity contribution in [3.63, 3.8) is 0 Å². The van der Waals surface area contributed by atoms with E-state index < -0.39 is 17.5 Å². The Balaban J connectivity index is 4.01. The van der Waals surface area contributed by atoms with Gasteiger partial charge in [-0.25, -0.2) is 4.79 Å². The molecule has 62 valence electrons. The normalized spacial score (nSPS) is 16.2. The molecule has 0 fully saturated rings. The SMILES string of the molecule is O=C/C=C/C(Cl)C(O)C(=O)O. The zero-order valence-electron chi connectivity index (χ0n) is 5.48. The van der Waals surface area contributed by atoms with E-state index in [2.05, 4.69) is 0 Å². The summed E-state index contributed by atoms with van der Waals surface area (Å²) in [5.41, 5.74) is 0. The number of halogens is 1. The Bertz CT molecular complexity index is 177. The number of hydrogen-bond donors (Lipinski definition) is 2. The largest absolute Gasteiger partial charge is 0.479 e. The van der Waals surface area contributed by atoms with Crippen molar-refractivity contribution in [2.24, 2.45) is 0 Å². The van der Waals surface area contributed by atoms with Crippen molar-refractivity contribution in [1.29, 1.82) is 0 Å². The fraction of sp³-hybridized carbons (Fsp3) is 0.333. The standard InChI is InChI=1S/C6H7ClO4/c7-4(2-1-3-8)5(9)6(10)11/h1-5,9H,(H,10,11)/b2-1+. The minimum atomic E-state index is -1.67. The quantitative estimate of drug-likeness (QED) is 0.355. The first kappa shape index (κ1) is 10.1. The molecule has 5 heteroatoms. The molecule has 0 amide bonds. The van der Waals surface area contributed by atoms with Gasteiger partial charge in [0, 0.05) is 0 Å². The van der Waals surface area contributed by atoms with Gasteiger partial charge in [0.2, 0.25) is 0 Å². The lowest BCUT2D eigenvalue weighted by molar-refractivity contribution is -0.146. The number of rotatable bonds is 4. The van der Waals surface area contributed by atoms with Gasteiger partial charge in [0.25, 0.3) is 0 Å². The second kappa shape index (κ2) is 4.87. The van der Waals surface area contributed by atoms with Gasteiger partial charge < -0.3 is 10.2 Å². The van der Waals surface area contributed by atoms with E-state index in [9.17, 15) is 9.59 Å². The van der Waals surface area contributed by atoms with E-state index in [1.165, 1.54) is 0 Å². The van der Waals surface area contributed by atoms with Gasteiger partial charge >= 0.3 is 5.97 Å². The first-order chi connectivity index (χ1) is 5.09. The molecule has 0 saturated carbocycles. The molecule has 0 bridgehead atoms. The van der Waals surface area contributed by atoms with Gasteiger partial charge in [0.1, 0.15) is 6.29 Å². The Morgan fingerprint density at radius 1 is 1.55 bits per heavy atom. The molecule has 0 aliphatic carbocycles. The van der Waals surface area contributed by atoms with E-state index in [-0.39, 0.29) is 0 Å². The maximum absolute atomic E-state index is 10.0.